The Morgan fingerprint density at radius 2 is 1.92 bits per heavy atom. The number of halogens is 1. The van der Waals surface area contributed by atoms with Crippen LogP contribution in [0.1, 0.15) is 45.7 Å². The third-order valence-corrected chi connectivity index (χ3v) is 4.07. The van der Waals surface area contributed by atoms with Crippen LogP contribution in [-0.2, 0) is 9.53 Å². The lowest BCUT2D eigenvalue weighted by atomic mass is 10.1. The van der Waals surface area contributed by atoms with Crippen molar-refractivity contribution in [1.29, 1.82) is 0 Å². The Labute approximate surface area is 147 Å². The van der Waals surface area contributed by atoms with Gasteiger partial charge >= 0.3 is 12.1 Å². The zero-order valence-electron chi connectivity index (χ0n) is 15.0. The van der Waals surface area contributed by atoms with Crippen LogP contribution in [0.15, 0.2) is 24.3 Å². The van der Waals surface area contributed by atoms with Crippen LogP contribution in [-0.4, -0.2) is 46.3 Å². The van der Waals surface area contributed by atoms with Crippen LogP contribution in [0.2, 0.25) is 0 Å². The summed E-state index contributed by atoms with van der Waals surface area (Å²) in [5.74, 6) is -1.36. The van der Waals surface area contributed by atoms with E-state index in [-0.39, 0.29) is 24.4 Å². The summed E-state index contributed by atoms with van der Waals surface area (Å²) in [6, 6.07) is 4.93. The van der Waals surface area contributed by atoms with E-state index in [1.54, 1.807) is 32.9 Å². The highest BCUT2D eigenvalue weighted by molar-refractivity contribution is 5.81. The van der Waals surface area contributed by atoms with Crippen molar-refractivity contribution in [2.24, 2.45) is 0 Å². The van der Waals surface area contributed by atoms with Gasteiger partial charge in [-0.05, 0) is 51.8 Å². The van der Waals surface area contributed by atoms with E-state index in [0.717, 1.165) is 5.56 Å². The minimum Gasteiger partial charge on any atom is -0.480 e. The molecule has 1 amide bonds. The Kier molecular flexibility index (Phi) is 5.67. The zero-order valence-corrected chi connectivity index (χ0v) is 15.0. The summed E-state index contributed by atoms with van der Waals surface area (Å²) >= 11 is 0. The maximum absolute atomic E-state index is 13.0. The van der Waals surface area contributed by atoms with Crippen molar-refractivity contribution >= 4 is 12.1 Å². The number of carbonyl (C=O) groups excluding carboxylic acids is 1. The largest absolute Gasteiger partial charge is 0.480 e. The van der Waals surface area contributed by atoms with Gasteiger partial charge in [-0.2, -0.15) is 0 Å². The molecule has 1 aliphatic rings. The molecule has 0 bridgehead atoms. The van der Waals surface area contributed by atoms with E-state index in [4.69, 9.17) is 4.74 Å². The molecule has 1 heterocycles. The molecule has 2 N–H and O–H groups in total. The predicted molar refractivity (Wildman–Crippen MR) is 90.7 cm³/mol. The number of nitrogens with zero attached hydrogens (tertiary/aromatic N) is 1. The second-order valence-electron chi connectivity index (χ2n) is 7.36. The highest BCUT2D eigenvalue weighted by Gasteiger charge is 2.41. The number of nitrogens with one attached hydrogen (secondary N) is 1. The number of hydrogen-bond acceptors (Lipinski definition) is 4. The monoisotopic (exact) mass is 352 g/mol. The lowest BCUT2D eigenvalue weighted by Gasteiger charge is -2.27. The quantitative estimate of drug-likeness (QED) is 0.871. The minimum atomic E-state index is -1.05. The Morgan fingerprint density at radius 3 is 2.44 bits per heavy atom. The van der Waals surface area contributed by atoms with E-state index in [0.29, 0.717) is 6.42 Å². The number of rotatable bonds is 4. The van der Waals surface area contributed by atoms with E-state index in [2.05, 4.69) is 5.32 Å². The number of aliphatic carboxylic acids is 1. The highest BCUT2D eigenvalue weighted by atomic mass is 19.1. The molecule has 138 valence electrons. The molecule has 0 radical (unpaired) electrons. The summed E-state index contributed by atoms with van der Waals surface area (Å²) < 4.78 is 18.3. The average molecular weight is 352 g/mol. The van der Waals surface area contributed by atoms with Crippen molar-refractivity contribution in [3.63, 3.8) is 0 Å². The number of carbonyl (C=O) groups is 2. The van der Waals surface area contributed by atoms with Crippen molar-refractivity contribution in [1.82, 2.24) is 10.2 Å². The first-order chi connectivity index (χ1) is 11.6. The fraction of sp³-hybridized carbons (Fsp3) is 0.556. The molecule has 0 saturated carbocycles. The molecule has 6 nitrogen and oxygen atoms in total. The van der Waals surface area contributed by atoms with Gasteiger partial charge in [0.25, 0.3) is 0 Å². The number of likely N-dealkylation sites (tertiary alicyclic amines) is 1. The molecule has 25 heavy (non-hydrogen) atoms. The minimum absolute atomic E-state index is 0.0985. The van der Waals surface area contributed by atoms with Gasteiger partial charge in [-0.1, -0.05) is 12.1 Å². The maximum Gasteiger partial charge on any atom is 0.411 e. The SMILES string of the molecule is C[C@H](NC1CC(C(=O)O)N(C(=O)OC(C)(C)C)C1)c1ccc(F)cc1. The van der Waals surface area contributed by atoms with Gasteiger partial charge in [-0.25, -0.2) is 14.0 Å². The summed E-state index contributed by atoms with van der Waals surface area (Å²) in [4.78, 5) is 25.0. The van der Waals surface area contributed by atoms with E-state index >= 15 is 0 Å². The maximum atomic E-state index is 13.0. The van der Waals surface area contributed by atoms with Crippen LogP contribution in [0.4, 0.5) is 9.18 Å². The molecule has 2 unspecified atom stereocenters. The van der Waals surface area contributed by atoms with Gasteiger partial charge in [0, 0.05) is 18.6 Å². The number of hydrogen-bond donors (Lipinski definition) is 2. The van der Waals surface area contributed by atoms with Crippen LogP contribution >= 0.6 is 0 Å². The van der Waals surface area contributed by atoms with Gasteiger partial charge in [0.2, 0.25) is 0 Å². The summed E-state index contributed by atoms with van der Waals surface area (Å²) in [5, 5.41) is 12.7. The van der Waals surface area contributed by atoms with Gasteiger partial charge in [0.1, 0.15) is 17.5 Å². The molecular weight excluding hydrogens is 327 g/mol. The molecule has 1 saturated heterocycles. The normalized spacial score (nSPS) is 21.9. The molecular formula is C18H25FN2O4. The number of ether oxygens (including phenoxy) is 1. The predicted octanol–water partition coefficient (Wildman–Crippen LogP) is 2.94. The first-order valence-electron chi connectivity index (χ1n) is 8.31. The van der Waals surface area contributed by atoms with E-state index in [1.807, 2.05) is 6.92 Å². The van der Waals surface area contributed by atoms with Crippen molar-refractivity contribution in [3.8, 4) is 0 Å². The molecule has 0 aliphatic carbocycles. The first-order valence-corrected chi connectivity index (χ1v) is 8.31. The zero-order chi connectivity index (χ0) is 18.8. The van der Waals surface area contributed by atoms with Gasteiger partial charge in [0.15, 0.2) is 0 Å². The van der Waals surface area contributed by atoms with E-state index < -0.39 is 23.7 Å². The fourth-order valence-corrected chi connectivity index (χ4v) is 2.91. The second-order valence-corrected chi connectivity index (χ2v) is 7.36. The lowest BCUT2D eigenvalue weighted by Crippen LogP contribution is -2.44. The third-order valence-electron chi connectivity index (χ3n) is 4.07. The van der Waals surface area contributed by atoms with Gasteiger partial charge in [0.05, 0.1) is 0 Å². The van der Waals surface area contributed by atoms with Gasteiger partial charge in [-0.3, -0.25) is 4.90 Å². The van der Waals surface area contributed by atoms with Crippen LogP contribution < -0.4 is 5.32 Å². The summed E-state index contributed by atoms with van der Waals surface area (Å²) in [6.45, 7) is 7.38. The second kappa shape index (κ2) is 7.39. The smallest absolute Gasteiger partial charge is 0.411 e. The van der Waals surface area contributed by atoms with Gasteiger partial charge < -0.3 is 15.2 Å². The topological polar surface area (TPSA) is 78.9 Å². The van der Waals surface area contributed by atoms with Crippen molar-refractivity contribution in [2.75, 3.05) is 6.54 Å². The molecule has 1 aromatic rings. The summed E-state index contributed by atoms with van der Waals surface area (Å²) in [7, 11) is 0. The lowest BCUT2D eigenvalue weighted by molar-refractivity contribution is -0.142. The van der Waals surface area contributed by atoms with Crippen LogP contribution in [0.25, 0.3) is 0 Å². The number of carboxylic acids is 1. The average Bonchev–Trinajstić information content (AvgIpc) is 2.90. The molecule has 1 aromatic carbocycles. The summed E-state index contributed by atoms with van der Waals surface area (Å²) in [6.07, 6.45) is -0.334. The molecule has 0 aromatic heterocycles. The molecule has 2 rings (SSSR count). The van der Waals surface area contributed by atoms with Crippen molar-refractivity contribution in [3.05, 3.63) is 35.6 Å². The summed E-state index contributed by atoms with van der Waals surface area (Å²) in [5.41, 5.74) is 0.205. The molecule has 0 spiro atoms. The Morgan fingerprint density at radius 1 is 1.32 bits per heavy atom. The first kappa shape index (κ1) is 19.2. The number of amides is 1. The third kappa shape index (κ3) is 5.16. The number of carboxylic acid groups (broad SMARTS) is 1. The van der Waals surface area contributed by atoms with Crippen LogP contribution in [0, 0.1) is 5.82 Å². The Hall–Kier alpha value is -2.15. The van der Waals surface area contributed by atoms with E-state index in [1.165, 1.54) is 17.0 Å². The van der Waals surface area contributed by atoms with Crippen LogP contribution in [0.3, 0.4) is 0 Å². The Balaban J connectivity index is 2.04. The standard InChI is InChI=1S/C18H25FN2O4/c1-11(12-5-7-13(19)8-6-12)20-14-9-15(16(22)23)21(10-14)17(24)25-18(2,3)4/h5-8,11,14-15,20H,9-10H2,1-4H3,(H,22,23)/t11-,14?,15?/m0/s1. The van der Waals surface area contributed by atoms with E-state index in [9.17, 15) is 19.1 Å². The van der Waals surface area contributed by atoms with Crippen LogP contribution in [0.5, 0.6) is 0 Å². The molecule has 3 atom stereocenters. The fourth-order valence-electron chi connectivity index (χ4n) is 2.91. The number of benzene rings is 1. The Bertz CT molecular complexity index is 627. The molecule has 1 fully saturated rings. The highest BCUT2D eigenvalue weighted by Crippen LogP contribution is 2.24. The van der Waals surface area contributed by atoms with Gasteiger partial charge in [-0.15, -0.1) is 0 Å². The molecule has 7 heteroatoms. The molecule has 1 aliphatic heterocycles. The van der Waals surface area contributed by atoms with Crippen molar-refractivity contribution in [2.45, 2.75) is 57.8 Å². The van der Waals surface area contributed by atoms with Crippen molar-refractivity contribution < 1.29 is 23.8 Å².